The van der Waals surface area contributed by atoms with Crippen molar-refractivity contribution in [1.82, 2.24) is 0 Å². The second-order valence-corrected chi connectivity index (χ2v) is 43.2. The zero-order chi connectivity index (χ0) is 81.8. The summed E-state index contributed by atoms with van der Waals surface area (Å²) in [4.78, 5) is 62.6. The Morgan fingerprint density at radius 2 is 0.632 bits per heavy atom. The molecule has 0 spiro atoms. The normalized spacial score (nSPS) is 13.8. The summed E-state index contributed by atoms with van der Waals surface area (Å²) in [5.41, 5.74) is -0.589. The molecule has 0 saturated carbocycles. The summed E-state index contributed by atoms with van der Waals surface area (Å²) >= 11 is 1.44. The summed E-state index contributed by atoms with van der Waals surface area (Å²) in [5.74, 6) is -9.76. The third-order valence-corrected chi connectivity index (χ3v) is 38.3. The van der Waals surface area contributed by atoms with E-state index >= 15 is 35.1 Å². The van der Waals surface area contributed by atoms with Crippen molar-refractivity contribution in [2.45, 2.75) is 146 Å². The number of hydrogen-bond donors (Lipinski definition) is 0. The van der Waals surface area contributed by atoms with Gasteiger partial charge in [0.05, 0.1) is 0 Å². The van der Waals surface area contributed by atoms with E-state index in [1.165, 1.54) is 68.1 Å². The van der Waals surface area contributed by atoms with Gasteiger partial charge in [0, 0.05) is 0 Å². The first-order valence-electron chi connectivity index (χ1n) is 39.0. The maximum atomic E-state index is 18.3. The molecular formula is C94H94Cl2F8N4O4Ti2. The van der Waals surface area contributed by atoms with Crippen molar-refractivity contribution < 1.29 is 87.5 Å². The topological polar surface area (TPSA) is 81.2 Å². The van der Waals surface area contributed by atoms with Crippen LogP contribution in [0.1, 0.15) is 164 Å². The maximum absolute atomic E-state index is 18.3. The molecule has 0 atom stereocenters. The molecule has 4 aliphatic rings. The molecule has 12 rings (SSSR count). The molecule has 0 radical (unpaired) electrons. The third-order valence-electron chi connectivity index (χ3n) is 21.9. The summed E-state index contributed by atoms with van der Waals surface area (Å²) in [6, 6.07) is 40.1. The average Bonchev–Trinajstić information content (AvgIpc) is 1.24. The van der Waals surface area contributed by atoms with Gasteiger partial charge in [-0.3, -0.25) is 0 Å². The van der Waals surface area contributed by atoms with Crippen molar-refractivity contribution in [3.05, 3.63) is 325 Å². The Balaban J connectivity index is 0.000000225. The number of unbranched alkanes of at least 4 members (excludes halogenated alkanes) is 2. The molecule has 8 aromatic carbocycles. The van der Waals surface area contributed by atoms with Gasteiger partial charge in [0.1, 0.15) is 0 Å². The fourth-order valence-corrected chi connectivity index (χ4v) is 33.0. The van der Waals surface area contributed by atoms with Gasteiger partial charge in [0.25, 0.3) is 0 Å². The zero-order valence-corrected chi connectivity index (χ0v) is 70.1. The number of allylic oxidation sites excluding steroid dienone is 16. The predicted molar refractivity (Wildman–Crippen MR) is 440 cm³/mol. The van der Waals surface area contributed by atoms with Crippen molar-refractivity contribution >= 4 is 85.1 Å². The van der Waals surface area contributed by atoms with Crippen LogP contribution in [0.4, 0.5) is 57.9 Å². The number of anilines is 4. The first kappa shape index (κ1) is 85.9. The number of halogens is 10. The predicted octanol–water partition coefficient (Wildman–Crippen LogP) is 23.0. The van der Waals surface area contributed by atoms with Crippen molar-refractivity contribution in [2.75, 3.05) is 32.7 Å². The first-order valence-corrected chi connectivity index (χ1v) is 46.0. The van der Waals surface area contributed by atoms with Gasteiger partial charge in [-0.25, -0.2) is 0 Å². The van der Waals surface area contributed by atoms with Gasteiger partial charge in [-0.15, -0.1) is 0 Å². The van der Waals surface area contributed by atoms with Crippen LogP contribution < -0.4 is 35.1 Å². The van der Waals surface area contributed by atoms with Crippen LogP contribution in [0.2, 0.25) is 10.0 Å². The molecule has 4 amide bonds. The molecule has 0 saturated heterocycles. The van der Waals surface area contributed by atoms with Gasteiger partial charge < -0.3 is 0 Å². The summed E-state index contributed by atoms with van der Waals surface area (Å²) < 4.78 is 141. The number of rotatable bonds is 30. The van der Waals surface area contributed by atoms with E-state index in [0.29, 0.717) is 76.9 Å². The summed E-state index contributed by atoms with van der Waals surface area (Å²) in [6.07, 6.45) is 26.7. The number of benzene rings is 8. The quantitative estimate of drug-likeness (QED) is 0.0332. The van der Waals surface area contributed by atoms with Crippen LogP contribution in [0.5, 0.6) is 0 Å². The van der Waals surface area contributed by atoms with Gasteiger partial charge in [-0.1, -0.05) is 0 Å². The number of amides is 4. The minimum absolute atomic E-state index is 0.00831. The molecule has 0 N–H and O–H groups in total. The summed E-state index contributed by atoms with van der Waals surface area (Å²) in [7, 11) is 0. The Bertz CT molecular complexity index is 4850. The molecule has 8 aromatic rings. The number of hydrogen-bond acceptors (Lipinski definition) is 4. The van der Waals surface area contributed by atoms with Crippen molar-refractivity contribution in [3.63, 3.8) is 0 Å². The average molecular weight is 1660 g/mol. The van der Waals surface area contributed by atoms with E-state index in [0.717, 1.165) is 35.4 Å². The SMILES string of the molecule is CCCC(C)(C)C(=O)N(Cc1ccccc1)c1ccc(F)[c]([Ti]([C]2=CC=CC2)([C]2=CC=CC2)[c]2c(F)ccc(N(Cc3ccccc3)C(=O)C(C)(C)CCC)c2F)c1F.CCCCN(C(=O)c1ccc(Cl)cc1)c1ccc(F)[c]([Ti]([C]2=CC=CC2)([C]2=CC=CC2)[c]2c(F)ccc(N(CCCC)C(=O)c3ccc(Cl)cc3)c2F)c1F. The molecule has 592 valence electrons. The van der Waals surface area contributed by atoms with E-state index < -0.39 is 118 Å². The van der Waals surface area contributed by atoms with Crippen LogP contribution in [0.25, 0.3) is 0 Å². The monoisotopic (exact) mass is 1660 g/mol. The standard InChI is InChI=1S/2C20H22F2NO.2C17H15ClF2NO.4C5H5.2Ti/c2*1-4-12-20(2,3)19(24)23(14-15-8-6-5-7-9-15)18-11-10-16(21)13-17(18)22;2*1-2-3-10-21(16-9-8-14(19)11-15(16)20)17(22)12-4-6-13(18)7-5-12;4*1-2-4-5-3-1;;/h2*5-11H,4,12,14H2,1-3H3;2*4-9H,2-3,10H2,1H3;4*1-3H,4H2;;. The summed E-state index contributed by atoms with van der Waals surface area (Å²) in [6.45, 7) is 15.2. The van der Waals surface area contributed by atoms with Gasteiger partial charge in [0.2, 0.25) is 0 Å². The molecule has 4 aliphatic carbocycles. The van der Waals surface area contributed by atoms with Crippen LogP contribution >= 0.6 is 23.2 Å². The van der Waals surface area contributed by atoms with Crippen LogP contribution in [0.3, 0.4) is 0 Å². The van der Waals surface area contributed by atoms with Crippen molar-refractivity contribution in [3.8, 4) is 0 Å². The molecular weight excluding hydrogens is 1570 g/mol. The molecule has 0 unspecified atom stereocenters. The van der Waals surface area contributed by atoms with Gasteiger partial charge in [-0.2, -0.15) is 0 Å². The Morgan fingerprint density at radius 1 is 0.360 bits per heavy atom. The second kappa shape index (κ2) is 37.7. The van der Waals surface area contributed by atoms with E-state index in [9.17, 15) is 19.2 Å². The fraction of sp³-hybridized carbons (Fsp3) is 0.277. The molecule has 0 aromatic heterocycles. The third kappa shape index (κ3) is 17.6. The number of carbonyl (C=O) groups excluding carboxylic acids is 4. The van der Waals surface area contributed by atoms with Gasteiger partial charge >= 0.3 is 687 Å². The molecule has 0 aliphatic heterocycles. The molecule has 114 heavy (non-hydrogen) atoms. The van der Waals surface area contributed by atoms with Crippen molar-refractivity contribution in [2.24, 2.45) is 10.8 Å². The molecule has 0 bridgehead atoms. The number of nitrogens with zero attached hydrogens (tertiary/aromatic N) is 4. The van der Waals surface area contributed by atoms with E-state index in [2.05, 4.69) is 0 Å². The Kier molecular flexibility index (Phi) is 28.4. The Hall–Kier alpha value is -8.99. The van der Waals surface area contributed by atoms with E-state index in [1.54, 1.807) is 85.0 Å². The molecule has 8 nitrogen and oxygen atoms in total. The second-order valence-electron chi connectivity index (χ2n) is 30.5. The van der Waals surface area contributed by atoms with E-state index in [4.69, 9.17) is 23.2 Å². The van der Waals surface area contributed by atoms with Gasteiger partial charge in [0.15, 0.2) is 0 Å². The van der Waals surface area contributed by atoms with Crippen LogP contribution in [0, 0.1) is 57.4 Å². The molecule has 20 heteroatoms. The molecule has 0 fully saturated rings. The van der Waals surface area contributed by atoms with Gasteiger partial charge in [-0.05, 0) is 0 Å². The number of carbonyl (C=O) groups is 4. The van der Waals surface area contributed by atoms with Crippen molar-refractivity contribution in [1.29, 1.82) is 0 Å². The van der Waals surface area contributed by atoms with Crippen LogP contribution in [0.15, 0.2) is 246 Å². The Morgan fingerprint density at radius 3 is 0.877 bits per heavy atom. The van der Waals surface area contributed by atoms with E-state index in [1.807, 2.05) is 128 Å². The first-order chi connectivity index (χ1) is 54.7. The zero-order valence-electron chi connectivity index (χ0n) is 65.5. The fourth-order valence-electron chi connectivity index (χ4n) is 16.3. The Labute approximate surface area is 681 Å². The van der Waals surface area contributed by atoms with Crippen LogP contribution in [-0.4, -0.2) is 36.7 Å². The minimum atomic E-state index is -5.41. The van der Waals surface area contributed by atoms with E-state index in [-0.39, 0.29) is 97.6 Å². The molecule has 0 heterocycles. The summed E-state index contributed by atoms with van der Waals surface area (Å²) in [5, 5.41) is 0.826. The van der Waals surface area contributed by atoms with Crippen LogP contribution in [-0.2, 0) is 55.9 Å².